The molecule has 0 fully saturated rings. The second-order valence-electron chi connectivity index (χ2n) is 1.58. The zero-order valence-electron chi connectivity index (χ0n) is 5.96. The molecule has 10 heavy (non-hydrogen) atoms. The first-order chi connectivity index (χ1) is 4.70. The first kappa shape index (κ1) is 8.90. The highest BCUT2D eigenvalue weighted by molar-refractivity contribution is 5.83. The van der Waals surface area contributed by atoms with Crippen molar-refractivity contribution in [2.75, 3.05) is 13.7 Å². The predicted molar refractivity (Wildman–Crippen MR) is 35.7 cm³/mol. The van der Waals surface area contributed by atoms with Crippen molar-refractivity contribution in [2.45, 2.75) is 6.92 Å². The second kappa shape index (κ2) is 4.75. The molecule has 2 N–H and O–H groups in total. The van der Waals surface area contributed by atoms with E-state index in [-0.39, 0.29) is 6.54 Å². The van der Waals surface area contributed by atoms with Gasteiger partial charge in [0.25, 0.3) is 0 Å². The van der Waals surface area contributed by atoms with Crippen molar-refractivity contribution < 1.29 is 14.4 Å². The van der Waals surface area contributed by atoms with Gasteiger partial charge in [0.1, 0.15) is 0 Å². The summed E-state index contributed by atoms with van der Waals surface area (Å²) in [7, 11) is 1.20. The van der Waals surface area contributed by atoms with Crippen LogP contribution in [-0.2, 0) is 9.57 Å². The fourth-order valence-electron chi connectivity index (χ4n) is 0.190. The molecule has 58 valence electrons. The van der Waals surface area contributed by atoms with Crippen LogP contribution in [0.3, 0.4) is 0 Å². The van der Waals surface area contributed by atoms with E-state index < -0.39 is 6.16 Å². The Kier molecular flexibility index (Phi) is 4.23. The van der Waals surface area contributed by atoms with Crippen molar-refractivity contribution in [1.29, 1.82) is 0 Å². The van der Waals surface area contributed by atoms with Crippen LogP contribution in [0.25, 0.3) is 0 Å². The van der Waals surface area contributed by atoms with Gasteiger partial charge >= 0.3 is 6.16 Å². The zero-order chi connectivity index (χ0) is 7.98. The fraction of sp³-hybridized carbons (Fsp3) is 0.600. The Hall–Kier alpha value is -1.10. The van der Waals surface area contributed by atoms with Crippen LogP contribution in [0.1, 0.15) is 6.92 Å². The number of rotatable bonds is 2. The number of carbonyl (C=O) groups excluding carboxylic acids is 1. The van der Waals surface area contributed by atoms with Gasteiger partial charge in [-0.3, -0.25) is 4.84 Å². The average molecular weight is 146 g/mol. The lowest BCUT2D eigenvalue weighted by atomic mass is 10.4. The highest BCUT2D eigenvalue weighted by Gasteiger charge is 1.97. The topological polar surface area (TPSA) is 73.9 Å². The van der Waals surface area contributed by atoms with Crippen molar-refractivity contribution in [3.63, 3.8) is 0 Å². The number of nitrogens with two attached hydrogens (primary N) is 1. The fourth-order valence-corrected chi connectivity index (χ4v) is 0.190. The Labute approximate surface area is 58.8 Å². The van der Waals surface area contributed by atoms with E-state index in [2.05, 4.69) is 14.7 Å². The van der Waals surface area contributed by atoms with E-state index in [4.69, 9.17) is 5.73 Å². The lowest BCUT2D eigenvalue weighted by molar-refractivity contribution is 0.0752. The van der Waals surface area contributed by atoms with Crippen LogP contribution in [-0.4, -0.2) is 25.5 Å². The number of hydrogen-bond donors (Lipinski definition) is 1. The monoisotopic (exact) mass is 146 g/mol. The Balaban J connectivity index is 3.61. The minimum atomic E-state index is -0.840. The Morgan fingerprint density at radius 1 is 1.70 bits per heavy atom. The van der Waals surface area contributed by atoms with Crippen LogP contribution in [0.5, 0.6) is 0 Å². The third kappa shape index (κ3) is 3.85. The van der Waals surface area contributed by atoms with E-state index in [1.165, 1.54) is 7.11 Å². The first-order valence-electron chi connectivity index (χ1n) is 2.69. The third-order valence-corrected chi connectivity index (χ3v) is 0.738. The molecule has 0 spiro atoms. The number of nitrogens with zero attached hydrogens (tertiary/aromatic N) is 1. The maximum atomic E-state index is 10.2. The van der Waals surface area contributed by atoms with Gasteiger partial charge in [0.2, 0.25) is 0 Å². The average Bonchev–Trinajstić information content (AvgIpc) is 1.99. The smallest absolute Gasteiger partial charge is 0.436 e. The summed E-state index contributed by atoms with van der Waals surface area (Å²) in [6, 6.07) is 0. The lowest BCUT2D eigenvalue weighted by Gasteiger charge is -1.94. The van der Waals surface area contributed by atoms with Crippen LogP contribution >= 0.6 is 0 Å². The van der Waals surface area contributed by atoms with E-state index in [1.54, 1.807) is 6.92 Å². The summed E-state index contributed by atoms with van der Waals surface area (Å²) in [6.45, 7) is 1.90. The van der Waals surface area contributed by atoms with Gasteiger partial charge in [-0.05, 0) is 6.92 Å². The van der Waals surface area contributed by atoms with Gasteiger partial charge in [-0.15, -0.1) is 0 Å². The summed E-state index contributed by atoms with van der Waals surface area (Å²) in [6.07, 6.45) is -0.840. The van der Waals surface area contributed by atoms with E-state index in [9.17, 15) is 4.79 Å². The second-order valence-corrected chi connectivity index (χ2v) is 1.58. The number of oxime groups is 1. The summed E-state index contributed by atoms with van der Waals surface area (Å²) < 4.78 is 4.14. The highest BCUT2D eigenvalue weighted by Crippen LogP contribution is 1.83. The molecule has 0 aromatic carbocycles. The molecule has 0 atom stereocenters. The molecule has 0 aromatic heterocycles. The molecule has 5 heteroatoms. The summed E-state index contributed by atoms with van der Waals surface area (Å²) >= 11 is 0. The van der Waals surface area contributed by atoms with Gasteiger partial charge in [0, 0.05) is 6.54 Å². The van der Waals surface area contributed by atoms with E-state index in [0.717, 1.165) is 0 Å². The molecule has 0 aliphatic carbocycles. The number of ether oxygens (including phenoxy) is 1. The normalized spacial score (nSPS) is 10.9. The van der Waals surface area contributed by atoms with E-state index >= 15 is 0 Å². The molecular formula is C5H10N2O3. The van der Waals surface area contributed by atoms with Gasteiger partial charge < -0.3 is 10.5 Å². The van der Waals surface area contributed by atoms with Gasteiger partial charge in [-0.1, -0.05) is 5.16 Å². The van der Waals surface area contributed by atoms with Gasteiger partial charge in [-0.2, -0.15) is 0 Å². The lowest BCUT2D eigenvalue weighted by Crippen LogP contribution is -2.11. The maximum Gasteiger partial charge on any atom is 0.534 e. The maximum absolute atomic E-state index is 10.2. The molecule has 0 radical (unpaired) electrons. The minimum Gasteiger partial charge on any atom is -0.436 e. The molecule has 0 amide bonds. The third-order valence-electron chi connectivity index (χ3n) is 0.738. The molecule has 0 aliphatic rings. The van der Waals surface area contributed by atoms with E-state index in [0.29, 0.717) is 5.71 Å². The highest BCUT2D eigenvalue weighted by atomic mass is 16.8. The van der Waals surface area contributed by atoms with Gasteiger partial charge in [-0.25, -0.2) is 4.79 Å². The van der Waals surface area contributed by atoms with Crippen molar-refractivity contribution in [3.05, 3.63) is 0 Å². The summed E-state index contributed by atoms with van der Waals surface area (Å²) in [5, 5.41) is 3.33. The zero-order valence-corrected chi connectivity index (χ0v) is 5.96. The standard InChI is InChI=1S/C5H10N2O3/c1-4(3-6)7-10-5(8)9-2/h3,6H2,1-2H3. The quantitative estimate of drug-likeness (QED) is 0.259. The number of hydrogen-bond acceptors (Lipinski definition) is 5. The molecule has 0 saturated carbocycles. The van der Waals surface area contributed by atoms with Gasteiger partial charge in [0.15, 0.2) is 0 Å². The van der Waals surface area contributed by atoms with Crippen LogP contribution in [0.4, 0.5) is 4.79 Å². The molecular weight excluding hydrogens is 136 g/mol. The number of methoxy groups -OCH3 is 1. The summed E-state index contributed by atoms with van der Waals surface area (Å²) in [5.74, 6) is 0. The van der Waals surface area contributed by atoms with Crippen molar-refractivity contribution >= 4 is 11.9 Å². The van der Waals surface area contributed by atoms with Crippen LogP contribution in [0.2, 0.25) is 0 Å². The Morgan fingerprint density at radius 3 is 2.70 bits per heavy atom. The Bertz CT molecular complexity index is 144. The summed E-state index contributed by atoms with van der Waals surface area (Å²) in [4.78, 5) is 14.4. The van der Waals surface area contributed by atoms with Crippen LogP contribution in [0, 0.1) is 0 Å². The molecule has 0 aromatic rings. The molecule has 0 aliphatic heterocycles. The summed E-state index contributed by atoms with van der Waals surface area (Å²) in [5.41, 5.74) is 5.67. The van der Waals surface area contributed by atoms with Crippen LogP contribution < -0.4 is 5.73 Å². The molecule has 5 nitrogen and oxygen atoms in total. The van der Waals surface area contributed by atoms with Crippen molar-refractivity contribution in [1.82, 2.24) is 0 Å². The van der Waals surface area contributed by atoms with Crippen molar-refractivity contribution in [2.24, 2.45) is 10.9 Å². The Morgan fingerprint density at radius 2 is 2.30 bits per heavy atom. The molecule has 0 saturated heterocycles. The predicted octanol–water partition coefficient (Wildman–Crippen LogP) is 0.104. The molecule has 0 unspecified atom stereocenters. The SMILES string of the molecule is COC(=O)ON=C(C)CN. The largest absolute Gasteiger partial charge is 0.534 e. The molecule has 0 bridgehead atoms. The number of carbonyl (C=O) groups is 1. The first-order valence-corrected chi connectivity index (χ1v) is 2.69. The van der Waals surface area contributed by atoms with Crippen molar-refractivity contribution in [3.8, 4) is 0 Å². The van der Waals surface area contributed by atoms with Crippen LogP contribution in [0.15, 0.2) is 5.16 Å². The van der Waals surface area contributed by atoms with E-state index in [1.807, 2.05) is 0 Å². The minimum absolute atomic E-state index is 0.261. The molecule has 0 rings (SSSR count). The van der Waals surface area contributed by atoms with Gasteiger partial charge in [0.05, 0.1) is 12.8 Å². The molecule has 0 heterocycles.